The Balaban J connectivity index is 1.83. The van der Waals surface area contributed by atoms with Gasteiger partial charge in [-0.25, -0.2) is 9.38 Å². The zero-order valence-corrected chi connectivity index (χ0v) is 12.9. The Morgan fingerprint density at radius 3 is 2.90 bits per heavy atom. The number of carbonyl (C=O) groups excluding carboxylic acids is 1. The SMILES string of the molecule is O=C1NC(=Nc2ccc(F)c(Cl)c2)S/C1=C/c1cccs1. The maximum Gasteiger partial charge on any atom is 0.264 e. The highest BCUT2D eigenvalue weighted by Gasteiger charge is 2.23. The summed E-state index contributed by atoms with van der Waals surface area (Å²) >= 11 is 8.50. The molecule has 3 rings (SSSR count). The Bertz CT molecular complexity index is 756. The number of hydrogen-bond acceptors (Lipinski definition) is 4. The number of amidine groups is 1. The van der Waals surface area contributed by atoms with E-state index in [0.29, 0.717) is 15.8 Å². The van der Waals surface area contributed by atoms with Gasteiger partial charge in [0.05, 0.1) is 15.6 Å². The van der Waals surface area contributed by atoms with Crippen molar-refractivity contribution in [3.8, 4) is 0 Å². The van der Waals surface area contributed by atoms with E-state index in [-0.39, 0.29) is 10.9 Å². The molecule has 106 valence electrons. The Hall–Kier alpha value is -1.63. The van der Waals surface area contributed by atoms with Gasteiger partial charge in [-0.05, 0) is 47.5 Å². The number of nitrogens with zero attached hydrogens (tertiary/aromatic N) is 1. The fourth-order valence-corrected chi connectivity index (χ4v) is 3.39. The van der Waals surface area contributed by atoms with Crippen LogP contribution in [0.1, 0.15) is 4.88 Å². The second-order valence-electron chi connectivity index (χ2n) is 4.10. The molecule has 0 saturated carbocycles. The summed E-state index contributed by atoms with van der Waals surface area (Å²) in [6.45, 7) is 0. The van der Waals surface area contributed by atoms with E-state index in [0.717, 1.165) is 4.88 Å². The molecule has 1 aliphatic heterocycles. The Morgan fingerprint density at radius 1 is 1.33 bits per heavy atom. The molecule has 0 aliphatic carbocycles. The van der Waals surface area contributed by atoms with Gasteiger partial charge in [-0.1, -0.05) is 17.7 Å². The van der Waals surface area contributed by atoms with Crippen molar-refractivity contribution in [2.45, 2.75) is 0 Å². The quantitative estimate of drug-likeness (QED) is 0.823. The fraction of sp³-hybridized carbons (Fsp3) is 0. The van der Waals surface area contributed by atoms with E-state index in [1.807, 2.05) is 23.6 Å². The number of aliphatic imine (C=N–C) groups is 1. The number of carbonyl (C=O) groups is 1. The Kier molecular flexibility index (Phi) is 4.10. The topological polar surface area (TPSA) is 41.5 Å². The predicted octanol–water partition coefficient (Wildman–Crippen LogP) is 4.43. The number of amides is 1. The van der Waals surface area contributed by atoms with Gasteiger partial charge in [0.2, 0.25) is 0 Å². The van der Waals surface area contributed by atoms with Gasteiger partial charge < -0.3 is 5.32 Å². The summed E-state index contributed by atoms with van der Waals surface area (Å²) in [5.74, 6) is -0.692. The van der Waals surface area contributed by atoms with Crippen LogP contribution < -0.4 is 5.32 Å². The third-order valence-electron chi connectivity index (χ3n) is 2.60. The van der Waals surface area contributed by atoms with Gasteiger partial charge in [0, 0.05) is 4.88 Å². The predicted molar refractivity (Wildman–Crippen MR) is 86.5 cm³/mol. The number of hydrogen-bond donors (Lipinski definition) is 1. The molecule has 1 aromatic carbocycles. The van der Waals surface area contributed by atoms with Crippen LogP contribution in [0.5, 0.6) is 0 Å². The number of rotatable bonds is 2. The van der Waals surface area contributed by atoms with E-state index >= 15 is 0 Å². The van der Waals surface area contributed by atoms with Crippen molar-refractivity contribution in [1.82, 2.24) is 5.32 Å². The Labute approximate surface area is 133 Å². The van der Waals surface area contributed by atoms with Crippen LogP contribution in [0.25, 0.3) is 6.08 Å². The summed E-state index contributed by atoms with van der Waals surface area (Å²) in [7, 11) is 0. The highest BCUT2D eigenvalue weighted by molar-refractivity contribution is 8.18. The molecule has 3 nitrogen and oxygen atoms in total. The lowest BCUT2D eigenvalue weighted by Crippen LogP contribution is -2.19. The van der Waals surface area contributed by atoms with Gasteiger partial charge in [0.25, 0.3) is 5.91 Å². The number of nitrogens with one attached hydrogen (secondary N) is 1. The van der Waals surface area contributed by atoms with E-state index in [1.54, 1.807) is 11.3 Å². The summed E-state index contributed by atoms with van der Waals surface area (Å²) in [6, 6.07) is 8.01. The first kappa shape index (κ1) is 14.3. The summed E-state index contributed by atoms with van der Waals surface area (Å²) in [5, 5.41) is 5.07. The van der Waals surface area contributed by atoms with Crippen LogP contribution >= 0.6 is 34.7 Å². The second-order valence-corrected chi connectivity index (χ2v) is 6.51. The largest absolute Gasteiger partial charge is 0.300 e. The smallest absolute Gasteiger partial charge is 0.264 e. The van der Waals surface area contributed by atoms with E-state index in [2.05, 4.69) is 10.3 Å². The molecule has 2 heterocycles. The lowest BCUT2D eigenvalue weighted by molar-refractivity contribution is -0.115. The minimum atomic E-state index is -0.498. The third kappa shape index (κ3) is 3.34. The van der Waals surface area contributed by atoms with Crippen LogP contribution in [0.2, 0.25) is 5.02 Å². The van der Waals surface area contributed by atoms with Crippen molar-refractivity contribution < 1.29 is 9.18 Å². The Morgan fingerprint density at radius 2 is 2.19 bits per heavy atom. The molecule has 0 radical (unpaired) electrons. The second kappa shape index (κ2) is 6.01. The maximum absolute atomic E-state index is 13.1. The molecule has 21 heavy (non-hydrogen) atoms. The van der Waals surface area contributed by atoms with Crippen LogP contribution in [0, 0.1) is 5.82 Å². The fourth-order valence-electron chi connectivity index (χ4n) is 1.65. The maximum atomic E-state index is 13.1. The molecule has 0 unspecified atom stereocenters. The molecular weight excluding hydrogens is 331 g/mol. The molecule has 1 amide bonds. The van der Waals surface area contributed by atoms with Crippen LogP contribution in [-0.2, 0) is 4.79 Å². The van der Waals surface area contributed by atoms with Crippen molar-refractivity contribution >= 4 is 57.5 Å². The van der Waals surface area contributed by atoms with Gasteiger partial charge >= 0.3 is 0 Å². The van der Waals surface area contributed by atoms with Gasteiger partial charge in [-0.3, -0.25) is 4.79 Å². The summed E-state index contributed by atoms with van der Waals surface area (Å²) in [4.78, 5) is 17.7. The number of halogens is 2. The summed E-state index contributed by atoms with van der Waals surface area (Å²) in [6.07, 6.45) is 1.81. The minimum Gasteiger partial charge on any atom is -0.300 e. The van der Waals surface area contributed by atoms with Gasteiger partial charge in [0.1, 0.15) is 5.82 Å². The number of benzene rings is 1. The van der Waals surface area contributed by atoms with Crippen molar-refractivity contribution in [2.24, 2.45) is 4.99 Å². The molecule has 1 aliphatic rings. The highest BCUT2D eigenvalue weighted by Crippen LogP contribution is 2.30. The van der Waals surface area contributed by atoms with Gasteiger partial charge in [-0.15, -0.1) is 11.3 Å². The average molecular weight is 339 g/mol. The first-order valence-electron chi connectivity index (χ1n) is 5.90. The standard InChI is InChI=1S/C14H8ClFN2OS2/c15-10-6-8(3-4-11(10)16)17-14-18-13(19)12(21-14)7-9-2-1-5-20-9/h1-7H,(H,17,18,19)/b12-7+. The molecule has 1 N–H and O–H groups in total. The summed E-state index contributed by atoms with van der Waals surface area (Å²) in [5.41, 5.74) is 0.488. The molecule has 7 heteroatoms. The van der Waals surface area contributed by atoms with E-state index in [9.17, 15) is 9.18 Å². The van der Waals surface area contributed by atoms with Crippen LogP contribution in [0.15, 0.2) is 45.6 Å². The van der Waals surface area contributed by atoms with Crippen LogP contribution in [0.4, 0.5) is 10.1 Å². The summed E-state index contributed by atoms with van der Waals surface area (Å²) < 4.78 is 13.1. The molecule has 1 fully saturated rings. The average Bonchev–Trinajstić information content (AvgIpc) is 3.06. The number of thioether (sulfide) groups is 1. The monoisotopic (exact) mass is 338 g/mol. The molecule has 0 spiro atoms. The molecule has 1 aromatic heterocycles. The van der Waals surface area contributed by atoms with E-state index < -0.39 is 5.82 Å². The van der Waals surface area contributed by atoms with Crippen molar-refractivity contribution in [1.29, 1.82) is 0 Å². The third-order valence-corrected chi connectivity index (χ3v) is 4.62. The molecule has 0 atom stereocenters. The van der Waals surface area contributed by atoms with Gasteiger partial charge in [-0.2, -0.15) is 0 Å². The molecular formula is C14H8ClFN2OS2. The van der Waals surface area contributed by atoms with Crippen LogP contribution in [0.3, 0.4) is 0 Å². The molecule has 2 aromatic rings. The first-order valence-corrected chi connectivity index (χ1v) is 7.97. The van der Waals surface area contributed by atoms with Crippen molar-refractivity contribution in [3.63, 3.8) is 0 Å². The molecule has 1 saturated heterocycles. The first-order chi connectivity index (χ1) is 10.1. The minimum absolute atomic E-state index is 0.000486. The van der Waals surface area contributed by atoms with E-state index in [4.69, 9.17) is 11.6 Å². The van der Waals surface area contributed by atoms with Crippen molar-refractivity contribution in [2.75, 3.05) is 0 Å². The lowest BCUT2D eigenvalue weighted by Gasteiger charge is -1.98. The zero-order valence-electron chi connectivity index (χ0n) is 10.5. The van der Waals surface area contributed by atoms with Crippen molar-refractivity contribution in [3.05, 3.63) is 56.3 Å². The molecule has 0 bridgehead atoms. The van der Waals surface area contributed by atoms with Gasteiger partial charge in [0.15, 0.2) is 5.17 Å². The van der Waals surface area contributed by atoms with E-state index in [1.165, 1.54) is 30.0 Å². The normalized spacial score (nSPS) is 18.5. The lowest BCUT2D eigenvalue weighted by atomic mass is 10.3. The highest BCUT2D eigenvalue weighted by atomic mass is 35.5. The van der Waals surface area contributed by atoms with Crippen LogP contribution in [-0.4, -0.2) is 11.1 Å². The number of thiophene rings is 1. The zero-order chi connectivity index (χ0) is 14.8.